The van der Waals surface area contributed by atoms with Gasteiger partial charge in [-0.25, -0.2) is 9.78 Å². The highest BCUT2D eigenvalue weighted by molar-refractivity contribution is 5.73. The maximum atomic E-state index is 12.4. The Hall–Kier alpha value is -2.56. The number of benzene rings is 1. The van der Waals surface area contributed by atoms with E-state index in [1.54, 1.807) is 4.90 Å². The molecule has 29 heavy (non-hydrogen) atoms. The van der Waals surface area contributed by atoms with Crippen molar-refractivity contribution in [3.8, 4) is 0 Å². The Bertz CT molecular complexity index is 742. The number of hydrogen-bond acceptors (Lipinski definition) is 3. The second-order valence-corrected chi connectivity index (χ2v) is 7.95. The van der Waals surface area contributed by atoms with Gasteiger partial charge in [0.05, 0.1) is 0 Å². The number of carbonyl (C=O) groups is 1. The van der Waals surface area contributed by atoms with Crippen molar-refractivity contribution in [1.29, 1.82) is 0 Å². The second kappa shape index (κ2) is 11.4. The molecular formula is C24H34N4O. The summed E-state index contributed by atoms with van der Waals surface area (Å²) in [5.41, 5.74) is 2.46. The van der Waals surface area contributed by atoms with Crippen LogP contribution in [0.15, 0.2) is 48.7 Å². The lowest BCUT2D eigenvalue weighted by molar-refractivity contribution is 0.207. The van der Waals surface area contributed by atoms with E-state index in [9.17, 15) is 4.79 Å². The summed E-state index contributed by atoms with van der Waals surface area (Å²) in [7, 11) is 1.87. The van der Waals surface area contributed by atoms with Gasteiger partial charge in [-0.1, -0.05) is 43.2 Å². The molecule has 2 aromatic rings. The molecule has 0 saturated carbocycles. The molecule has 1 fully saturated rings. The van der Waals surface area contributed by atoms with Crippen molar-refractivity contribution in [2.75, 3.05) is 31.6 Å². The van der Waals surface area contributed by atoms with Crippen molar-refractivity contribution in [2.24, 2.45) is 0 Å². The minimum absolute atomic E-state index is 0.0159. The van der Waals surface area contributed by atoms with Gasteiger partial charge in [0.2, 0.25) is 0 Å². The lowest BCUT2D eigenvalue weighted by atomic mass is 10.1. The molecule has 5 heteroatoms. The number of hydrogen-bond donors (Lipinski definition) is 1. The summed E-state index contributed by atoms with van der Waals surface area (Å²) < 4.78 is 0. The Morgan fingerprint density at radius 1 is 1.03 bits per heavy atom. The third-order valence-electron chi connectivity index (χ3n) is 5.58. The van der Waals surface area contributed by atoms with Crippen LogP contribution in [-0.4, -0.2) is 42.6 Å². The second-order valence-electron chi connectivity index (χ2n) is 7.95. The van der Waals surface area contributed by atoms with E-state index < -0.39 is 0 Å². The van der Waals surface area contributed by atoms with Crippen molar-refractivity contribution in [3.05, 3.63) is 59.8 Å². The molecule has 1 N–H and O–H groups in total. The first-order valence-corrected chi connectivity index (χ1v) is 10.9. The van der Waals surface area contributed by atoms with Gasteiger partial charge in [0.25, 0.3) is 0 Å². The normalized spacial score (nSPS) is 14.3. The number of rotatable bonds is 8. The van der Waals surface area contributed by atoms with Crippen molar-refractivity contribution < 1.29 is 4.79 Å². The molecule has 5 nitrogen and oxygen atoms in total. The van der Waals surface area contributed by atoms with Gasteiger partial charge >= 0.3 is 6.03 Å². The van der Waals surface area contributed by atoms with Crippen molar-refractivity contribution in [2.45, 2.75) is 51.5 Å². The van der Waals surface area contributed by atoms with E-state index in [1.807, 2.05) is 25.4 Å². The van der Waals surface area contributed by atoms with Crippen LogP contribution in [0.25, 0.3) is 0 Å². The van der Waals surface area contributed by atoms with E-state index in [2.05, 4.69) is 45.5 Å². The van der Waals surface area contributed by atoms with Crippen LogP contribution in [0.3, 0.4) is 0 Å². The van der Waals surface area contributed by atoms with Crippen LogP contribution in [0.2, 0.25) is 0 Å². The number of pyridine rings is 1. The van der Waals surface area contributed by atoms with Gasteiger partial charge in [0.1, 0.15) is 5.82 Å². The minimum atomic E-state index is -0.0159. The zero-order chi connectivity index (χ0) is 20.3. The van der Waals surface area contributed by atoms with Crippen LogP contribution in [0.1, 0.15) is 49.7 Å². The van der Waals surface area contributed by atoms with Gasteiger partial charge < -0.3 is 15.1 Å². The highest BCUT2D eigenvalue weighted by Gasteiger charge is 2.12. The molecule has 2 heterocycles. The number of unbranched alkanes of at least 4 members (excludes halogenated alkanes) is 1. The highest BCUT2D eigenvalue weighted by Crippen LogP contribution is 2.18. The summed E-state index contributed by atoms with van der Waals surface area (Å²) in [6.45, 7) is 3.47. The molecule has 0 bridgehead atoms. The number of carbonyl (C=O) groups excluding carboxylic acids is 1. The van der Waals surface area contributed by atoms with Crippen LogP contribution >= 0.6 is 0 Å². The van der Waals surface area contributed by atoms with Gasteiger partial charge in [-0.15, -0.1) is 0 Å². The lowest BCUT2D eigenvalue weighted by Gasteiger charge is -2.22. The summed E-state index contributed by atoms with van der Waals surface area (Å²) in [5, 5.41) is 3.04. The zero-order valence-corrected chi connectivity index (χ0v) is 17.6. The molecule has 0 atom stereocenters. The summed E-state index contributed by atoms with van der Waals surface area (Å²) in [5.74, 6) is 1.04. The topological polar surface area (TPSA) is 48.5 Å². The number of urea groups is 1. The minimum Gasteiger partial charge on any atom is -0.357 e. The molecule has 3 rings (SSSR count). The average molecular weight is 395 g/mol. The molecular weight excluding hydrogens is 360 g/mol. The highest BCUT2D eigenvalue weighted by atomic mass is 16.2. The molecule has 1 aliphatic heterocycles. The number of aromatic nitrogens is 1. The Morgan fingerprint density at radius 2 is 1.79 bits per heavy atom. The first kappa shape index (κ1) is 21.2. The van der Waals surface area contributed by atoms with Crippen molar-refractivity contribution in [1.82, 2.24) is 15.2 Å². The predicted octanol–water partition coefficient (Wildman–Crippen LogP) is 4.63. The molecule has 0 spiro atoms. The van der Waals surface area contributed by atoms with Gasteiger partial charge in [-0.2, -0.15) is 0 Å². The van der Waals surface area contributed by atoms with Gasteiger partial charge in [-0.05, 0) is 55.4 Å². The van der Waals surface area contributed by atoms with Gasteiger partial charge in [0.15, 0.2) is 0 Å². The maximum Gasteiger partial charge on any atom is 0.317 e. The first-order valence-electron chi connectivity index (χ1n) is 10.9. The largest absolute Gasteiger partial charge is 0.357 e. The van der Waals surface area contributed by atoms with Crippen LogP contribution in [0.4, 0.5) is 10.6 Å². The Balaban J connectivity index is 1.39. The summed E-state index contributed by atoms with van der Waals surface area (Å²) in [6, 6.07) is 14.6. The van der Waals surface area contributed by atoms with Crippen LogP contribution < -0.4 is 10.2 Å². The molecule has 1 saturated heterocycles. The first-order chi connectivity index (χ1) is 14.2. The SMILES string of the molecule is CN(CCCCc1ccccc1)C(=O)NCc1ccnc(N2CCCCCC2)c1. The van der Waals surface area contributed by atoms with Crippen LogP contribution in [0.5, 0.6) is 0 Å². The summed E-state index contributed by atoms with van der Waals surface area (Å²) in [4.78, 5) is 21.1. The van der Waals surface area contributed by atoms with Crippen LogP contribution in [0, 0.1) is 0 Å². The molecule has 1 aromatic carbocycles. The van der Waals surface area contributed by atoms with E-state index in [0.717, 1.165) is 50.3 Å². The molecule has 0 radical (unpaired) electrons. The summed E-state index contributed by atoms with van der Waals surface area (Å²) in [6.07, 6.45) is 10.1. The third-order valence-corrected chi connectivity index (χ3v) is 5.58. The molecule has 1 aliphatic rings. The van der Waals surface area contributed by atoms with E-state index >= 15 is 0 Å². The third kappa shape index (κ3) is 7.08. The molecule has 1 aromatic heterocycles. The molecule has 0 unspecified atom stereocenters. The Morgan fingerprint density at radius 3 is 2.55 bits per heavy atom. The Kier molecular flexibility index (Phi) is 8.35. The molecule has 156 valence electrons. The summed E-state index contributed by atoms with van der Waals surface area (Å²) >= 11 is 0. The van der Waals surface area contributed by atoms with Crippen LogP contribution in [-0.2, 0) is 13.0 Å². The number of amides is 2. The van der Waals surface area contributed by atoms with E-state index in [0.29, 0.717) is 6.54 Å². The van der Waals surface area contributed by atoms with Crippen molar-refractivity contribution in [3.63, 3.8) is 0 Å². The monoisotopic (exact) mass is 394 g/mol. The fourth-order valence-electron chi connectivity index (χ4n) is 3.78. The predicted molar refractivity (Wildman–Crippen MR) is 119 cm³/mol. The van der Waals surface area contributed by atoms with Crippen molar-refractivity contribution >= 4 is 11.8 Å². The van der Waals surface area contributed by atoms with E-state index in [4.69, 9.17) is 0 Å². The zero-order valence-electron chi connectivity index (χ0n) is 17.6. The average Bonchev–Trinajstić information content (AvgIpc) is 3.05. The standard InChI is InChI=1S/C24H34N4O/c1-27(16-10-7-13-21-11-5-4-6-12-21)24(29)26-20-22-14-15-25-23(19-22)28-17-8-2-3-9-18-28/h4-6,11-12,14-15,19H,2-3,7-10,13,16-18,20H2,1H3,(H,26,29). The number of anilines is 1. The van der Waals surface area contributed by atoms with Gasteiger partial charge in [-0.3, -0.25) is 0 Å². The quantitative estimate of drug-likeness (QED) is 0.664. The fraction of sp³-hybridized carbons (Fsp3) is 0.500. The lowest BCUT2D eigenvalue weighted by Crippen LogP contribution is -2.37. The van der Waals surface area contributed by atoms with Gasteiger partial charge in [0, 0.05) is 39.4 Å². The van der Waals surface area contributed by atoms with E-state index in [1.165, 1.54) is 31.2 Å². The fourth-order valence-corrected chi connectivity index (χ4v) is 3.78. The smallest absolute Gasteiger partial charge is 0.317 e. The molecule has 0 aliphatic carbocycles. The number of nitrogens with zero attached hydrogens (tertiary/aromatic N) is 3. The maximum absolute atomic E-state index is 12.4. The number of aryl methyl sites for hydroxylation is 1. The Labute approximate surface area is 175 Å². The molecule has 2 amide bonds. The number of nitrogens with one attached hydrogen (secondary N) is 1. The van der Waals surface area contributed by atoms with E-state index in [-0.39, 0.29) is 6.03 Å².